The van der Waals surface area contributed by atoms with Gasteiger partial charge in [0, 0.05) is 25.2 Å². The molecule has 0 radical (unpaired) electrons. The van der Waals surface area contributed by atoms with E-state index in [2.05, 4.69) is 44.8 Å². The van der Waals surface area contributed by atoms with Crippen LogP contribution in [0.4, 0.5) is 0 Å². The Bertz CT molecular complexity index is 233. The first-order valence-corrected chi connectivity index (χ1v) is 8.48. The van der Waals surface area contributed by atoms with E-state index in [4.69, 9.17) is 0 Å². The SMILES string of the molecule is CCCC(C)(CNC(C)C)CN(CC)C1CCCC1. The molecule has 0 spiro atoms. The van der Waals surface area contributed by atoms with Crippen LogP contribution in [-0.4, -0.2) is 36.6 Å². The van der Waals surface area contributed by atoms with Gasteiger partial charge in [-0.3, -0.25) is 0 Å². The zero-order valence-electron chi connectivity index (χ0n) is 14.0. The van der Waals surface area contributed by atoms with Crippen LogP contribution in [-0.2, 0) is 0 Å². The molecular weight excluding hydrogens is 232 g/mol. The quantitative estimate of drug-likeness (QED) is 0.678. The van der Waals surface area contributed by atoms with Gasteiger partial charge in [-0.05, 0) is 31.2 Å². The molecule has 0 amide bonds. The molecule has 0 saturated heterocycles. The topological polar surface area (TPSA) is 15.3 Å². The molecule has 2 heteroatoms. The predicted octanol–water partition coefficient (Wildman–Crippen LogP) is 4.06. The zero-order chi connectivity index (χ0) is 14.3. The second kappa shape index (κ2) is 8.26. The smallest absolute Gasteiger partial charge is 0.00953 e. The molecule has 1 saturated carbocycles. The molecular formula is C17H36N2. The summed E-state index contributed by atoms with van der Waals surface area (Å²) in [5.41, 5.74) is 0.428. The summed E-state index contributed by atoms with van der Waals surface area (Å²) in [5.74, 6) is 0. The van der Waals surface area contributed by atoms with Crippen LogP contribution < -0.4 is 5.32 Å². The van der Waals surface area contributed by atoms with E-state index >= 15 is 0 Å². The first kappa shape index (κ1) is 17.0. The van der Waals surface area contributed by atoms with Crippen molar-refractivity contribution in [2.24, 2.45) is 5.41 Å². The largest absolute Gasteiger partial charge is 0.314 e. The molecule has 0 aliphatic heterocycles. The summed E-state index contributed by atoms with van der Waals surface area (Å²) >= 11 is 0. The third-order valence-electron chi connectivity index (χ3n) is 4.62. The summed E-state index contributed by atoms with van der Waals surface area (Å²) in [6.45, 7) is 15.3. The van der Waals surface area contributed by atoms with Crippen molar-refractivity contribution >= 4 is 0 Å². The Kier molecular flexibility index (Phi) is 7.38. The van der Waals surface area contributed by atoms with Gasteiger partial charge in [0.05, 0.1) is 0 Å². The predicted molar refractivity (Wildman–Crippen MR) is 85.7 cm³/mol. The number of hydrogen-bond donors (Lipinski definition) is 1. The molecule has 1 rings (SSSR count). The van der Waals surface area contributed by atoms with E-state index in [9.17, 15) is 0 Å². The van der Waals surface area contributed by atoms with E-state index in [0.717, 1.165) is 12.6 Å². The summed E-state index contributed by atoms with van der Waals surface area (Å²) in [6, 6.07) is 1.46. The number of hydrogen-bond acceptors (Lipinski definition) is 2. The lowest BCUT2D eigenvalue weighted by molar-refractivity contribution is 0.114. The van der Waals surface area contributed by atoms with Crippen LogP contribution in [0.5, 0.6) is 0 Å². The summed E-state index contributed by atoms with van der Waals surface area (Å²) in [7, 11) is 0. The lowest BCUT2D eigenvalue weighted by Gasteiger charge is -2.39. The van der Waals surface area contributed by atoms with Gasteiger partial charge in [-0.2, -0.15) is 0 Å². The highest BCUT2D eigenvalue weighted by atomic mass is 15.2. The van der Waals surface area contributed by atoms with Gasteiger partial charge >= 0.3 is 0 Å². The van der Waals surface area contributed by atoms with Gasteiger partial charge in [-0.1, -0.05) is 53.9 Å². The van der Waals surface area contributed by atoms with Crippen LogP contribution >= 0.6 is 0 Å². The molecule has 1 aliphatic carbocycles. The average Bonchev–Trinajstić information content (AvgIpc) is 2.88. The standard InChI is InChI=1S/C17H36N2/c1-6-12-17(5,13-18-15(3)4)14-19(7-2)16-10-8-9-11-16/h15-16,18H,6-14H2,1-5H3. The Hall–Kier alpha value is -0.0800. The molecule has 0 aromatic rings. The van der Waals surface area contributed by atoms with Gasteiger partial charge in [0.2, 0.25) is 0 Å². The van der Waals surface area contributed by atoms with E-state index in [1.807, 2.05) is 0 Å². The van der Waals surface area contributed by atoms with Crippen LogP contribution in [0, 0.1) is 5.41 Å². The van der Waals surface area contributed by atoms with Gasteiger partial charge in [0.25, 0.3) is 0 Å². The molecule has 1 N–H and O–H groups in total. The molecule has 0 heterocycles. The normalized spacial score (nSPS) is 20.4. The minimum Gasteiger partial charge on any atom is -0.314 e. The van der Waals surface area contributed by atoms with E-state index in [1.54, 1.807) is 0 Å². The summed E-state index contributed by atoms with van der Waals surface area (Å²) < 4.78 is 0. The third-order valence-corrected chi connectivity index (χ3v) is 4.62. The Morgan fingerprint density at radius 1 is 1.21 bits per heavy atom. The Morgan fingerprint density at radius 2 is 1.84 bits per heavy atom. The van der Waals surface area contributed by atoms with Crippen molar-refractivity contribution < 1.29 is 0 Å². The van der Waals surface area contributed by atoms with Crippen molar-refractivity contribution in [1.82, 2.24) is 10.2 Å². The van der Waals surface area contributed by atoms with E-state index < -0.39 is 0 Å². The van der Waals surface area contributed by atoms with Crippen molar-refractivity contribution in [2.45, 2.75) is 85.2 Å². The molecule has 0 aromatic carbocycles. The second-order valence-corrected chi connectivity index (χ2v) is 7.10. The van der Waals surface area contributed by atoms with Crippen LogP contribution in [0.25, 0.3) is 0 Å². The number of nitrogens with one attached hydrogen (secondary N) is 1. The minimum absolute atomic E-state index is 0.428. The maximum atomic E-state index is 3.66. The molecule has 19 heavy (non-hydrogen) atoms. The van der Waals surface area contributed by atoms with Crippen LogP contribution in [0.3, 0.4) is 0 Å². The molecule has 1 atom stereocenters. The van der Waals surface area contributed by atoms with Crippen molar-refractivity contribution in [1.29, 1.82) is 0 Å². The van der Waals surface area contributed by atoms with Crippen molar-refractivity contribution in [3.05, 3.63) is 0 Å². The van der Waals surface area contributed by atoms with Crippen LogP contribution in [0.1, 0.15) is 73.1 Å². The fourth-order valence-corrected chi connectivity index (χ4v) is 3.54. The molecule has 1 fully saturated rings. The van der Waals surface area contributed by atoms with Crippen LogP contribution in [0.2, 0.25) is 0 Å². The lowest BCUT2D eigenvalue weighted by Crippen LogP contribution is -2.46. The lowest BCUT2D eigenvalue weighted by atomic mass is 9.84. The van der Waals surface area contributed by atoms with Gasteiger partial charge < -0.3 is 10.2 Å². The fraction of sp³-hybridized carbons (Fsp3) is 1.00. The van der Waals surface area contributed by atoms with Gasteiger partial charge in [-0.25, -0.2) is 0 Å². The molecule has 1 unspecified atom stereocenters. The van der Waals surface area contributed by atoms with Crippen molar-refractivity contribution in [3.8, 4) is 0 Å². The van der Waals surface area contributed by atoms with Crippen molar-refractivity contribution in [3.63, 3.8) is 0 Å². The maximum absolute atomic E-state index is 3.66. The van der Waals surface area contributed by atoms with Crippen LogP contribution in [0.15, 0.2) is 0 Å². The van der Waals surface area contributed by atoms with E-state index in [0.29, 0.717) is 11.5 Å². The fourth-order valence-electron chi connectivity index (χ4n) is 3.54. The molecule has 2 nitrogen and oxygen atoms in total. The van der Waals surface area contributed by atoms with Gasteiger partial charge in [0.15, 0.2) is 0 Å². The summed E-state index contributed by atoms with van der Waals surface area (Å²) in [6.07, 6.45) is 8.35. The van der Waals surface area contributed by atoms with E-state index in [1.165, 1.54) is 51.6 Å². The highest BCUT2D eigenvalue weighted by Crippen LogP contribution is 2.29. The van der Waals surface area contributed by atoms with Gasteiger partial charge in [-0.15, -0.1) is 0 Å². The maximum Gasteiger partial charge on any atom is 0.00953 e. The molecule has 114 valence electrons. The first-order chi connectivity index (χ1) is 9.00. The monoisotopic (exact) mass is 268 g/mol. The highest BCUT2D eigenvalue weighted by molar-refractivity contribution is 4.85. The molecule has 0 bridgehead atoms. The molecule has 0 aromatic heterocycles. The summed E-state index contributed by atoms with van der Waals surface area (Å²) in [4.78, 5) is 2.75. The summed E-state index contributed by atoms with van der Waals surface area (Å²) in [5, 5.41) is 3.66. The Balaban J connectivity index is 2.57. The van der Waals surface area contributed by atoms with E-state index in [-0.39, 0.29) is 0 Å². The first-order valence-electron chi connectivity index (χ1n) is 8.48. The third kappa shape index (κ3) is 5.83. The van der Waals surface area contributed by atoms with Gasteiger partial charge in [0.1, 0.15) is 0 Å². The number of nitrogens with zero attached hydrogens (tertiary/aromatic N) is 1. The molecule has 1 aliphatic rings. The Morgan fingerprint density at radius 3 is 2.32 bits per heavy atom. The second-order valence-electron chi connectivity index (χ2n) is 7.10. The average molecular weight is 268 g/mol. The zero-order valence-corrected chi connectivity index (χ0v) is 14.0. The van der Waals surface area contributed by atoms with Crippen molar-refractivity contribution in [2.75, 3.05) is 19.6 Å². The minimum atomic E-state index is 0.428. The highest BCUT2D eigenvalue weighted by Gasteiger charge is 2.30. The Labute approximate surface area is 121 Å². The number of rotatable bonds is 9.